The third-order valence-electron chi connectivity index (χ3n) is 2.39. The van der Waals surface area contributed by atoms with Crippen LogP contribution in [0.1, 0.15) is 18.9 Å². The van der Waals surface area contributed by atoms with E-state index in [-0.39, 0.29) is 18.6 Å². The van der Waals surface area contributed by atoms with E-state index in [0.29, 0.717) is 6.42 Å². The van der Waals surface area contributed by atoms with E-state index in [1.165, 1.54) is 0 Å². The highest BCUT2D eigenvalue weighted by atomic mass is 127. The summed E-state index contributed by atoms with van der Waals surface area (Å²) in [5, 5.41) is 11.8. The molecule has 0 fully saturated rings. The zero-order valence-corrected chi connectivity index (χ0v) is 11.4. The Labute approximate surface area is 109 Å². The number of aliphatic hydroxyl groups is 1. The van der Waals surface area contributed by atoms with Gasteiger partial charge in [-0.2, -0.15) is 0 Å². The Bertz CT molecular complexity index is 351. The predicted octanol–water partition coefficient (Wildman–Crippen LogP) is 1.72. The molecular formula is C12H16INO2. The summed E-state index contributed by atoms with van der Waals surface area (Å²) in [6.45, 7) is 1.93. The van der Waals surface area contributed by atoms with E-state index in [4.69, 9.17) is 5.11 Å². The lowest BCUT2D eigenvalue weighted by Gasteiger charge is -2.14. The quantitative estimate of drug-likeness (QED) is 0.806. The van der Waals surface area contributed by atoms with Crippen LogP contribution in [0.3, 0.4) is 0 Å². The lowest BCUT2D eigenvalue weighted by atomic mass is 10.1. The molecule has 0 spiro atoms. The molecule has 1 amide bonds. The smallest absolute Gasteiger partial charge is 0.224 e. The highest BCUT2D eigenvalue weighted by molar-refractivity contribution is 14.1. The molecular weight excluding hydrogens is 317 g/mol. The van der Waals surface area contributed by atoms with Gasteiger partial charge in [0.2, 0.25) is 5.91 Å². The maximum absolute atomic E-state index is 11.7. The summed E-state index contributed by atoms with van der Waals surface area (Å²) in [5.74, 6) is -0.0370. The van der Waals surface area contributed by atoms with Crippen molar-refractivity contribution in [2.75, 3.05) is 6.61 Å². The third-order valence-corrected chi connectivity index (χ3v) is 3.44. The summed E-state index contributed by atoms with van der Waals surface area (Å²) < 4.78 is 1.09. The number of hydrogen-bond donors (Lipinski definition) is 2. The molecule has 4 heteroatoms. The molecule has 0 aliphatic heterocycles. The SMILES string of the molecule is CCC(CO)NC(=O)Cc1ccccc1I. The topological polar surface area (TPSA) is 49.3 Å². The normalized spacial score (nSPS) is 12.2. The van der Waals surface area contributed by atoms with Crippen LogP contribution in [0.4, 0.5) is 0 Å². The zero-order chi connectivity index (χ0) is 12.0. The lowest BCUT2D eigenvalue weighted by molar-refractivity contribution is -0.121. The second-order valence-electron chi connectivity index (χ2n) is 3.62. The van der Waals surface area contributed by atoms with E-state index in [1.54, 1.807) is 0 Å². The molecule has 1 unspecified atom stereocenters. The summed E-state index contributed by atoms with van der Waals surface area (Å²) in [6.07, 6.45) is 1.11. The molecule has 2 N–H and O–H groups in total. The van der Waals surface area contributed by atoms with Crippen molar-refractivity contribution in [1.29, 1.82) is 0 Å². The van der Waals surface area contributed by atoms with Gasteiger partial charge in [0.25, 0.3) is 0 Å². The van der Waals surface area contributed by atoms with Crippen LogP contribution in [0.15, 0.2) is 24.3 Å². The molecule has 0 bridgehead atoms. The van der Waals surface area contributed by atoms with Gasteiger partial charge in [0, 0.05) is 3.57 Å². The summed E-state index contributed by atoms with van der Waals surface area (Å²) in [4.78, 5) is 11.7. The van der Waals surface area contributed by atoms with Crippen molar-refractivity contribution in [2.24, 2.45) is 0 Å². The van der Waals surface area contributed by atoms with E-state index in [1.807, 2.05) is 31.2 Å². The standard InChI is InChI=1S/C12H16INO2/c1-2-10(8-15)14-12(16)7-9-5-3-4-6-11(9)13/h3-6,10,15H,2,7-8H2,1H3,(H,14,16). The first-order valence-electron chi connectivity index (χ1n) is 5.31. The minimum absolute atomic E-state index is 0.00583. The van der Waals surface area contributed by atoms with Crippen LogP contribution in [0.5, 0.6) is 0 Å². The van der Waals surface area contributed by atoms with Crippen molar-refractivity contribution in [3.05, 3.63) is 33.4 Å². The van der Waals surface area contributed by atoms with Crippen molar-refractivity contribution in [1.82, 2.24) is 5.32 Å². The number of rotatable bonds is 5. The molecule has 0 heterocycles. The lowest BCUT2D eigenvalue weighted by Crippen LogP contribution is -2.37. The summed E-state index contributed by atoms with van der Waals surface area (Å²) >= 11 is 2.22. The van der Waals surface area contributed by atoms with Crippen molar-refractivity contribution in [3.63, 3.8) is 0 Å². The Morgan fingerprint density at radius 3 is 2.75 bits per heavy atom. The van der Waals surface area contributed by atoms with E-state index in [2.05, 4.69) is 27.9 Å². The molecule has 1 atom stereocenters. The average molecular weight is 333 g/mol. The zero-order valence-electron chi connectivity index (χ0n) is 9.24. The molecule has 0 aromatic heterocycles. The molecule has 88 valence electrons. The van der Waals surface area contributed by atoms with Gasteiger partial charge in [0.05, 0.1) is 19.1 Å². The number of benzene rings is 1. The molecule has 3 nitrogen and oxygen atoms in total. The number of halogens is 1. The van der Waals surface area contributed by atoms with Crippen molar-refractivity contribution in [3.8, 4) is 0 Å². The van der Waals surface area contributed by atoms with Crippen LogP contribution < -0.4 is 5.32 Å². The monoisotopic (exact) mass is 333 g/mol. The van der Waals surface area contributed by atoms with Crippen LogP contribution >= 0.6 is 22.6 Å². The number of aliphatic hydroxyl groups excluding tert-OH is 1. The van der Waals surface area contributed by atoms with E-state index >= 15 is 0 Å². The highest BCUT2D eigenvalue weighted by Crippen LogP contribution is 2.11. The first kappa shape index (κ1) is 13.4. The van der Waals surface area contributed by atoms with Crippen molar-refractivity contribution >= 4 is 28.5 Å². The fraction of sp³-hybridized carbons (Fsp3) is 0.417. The Kier molecular flexibility index (Phi) is 5.76. The Morgan fingerprint density at radius 1 is 1.50 bits per heavy atom. The van der Waals surface area contributed by atoms with Crippen molar-refractivity contribution in [2.45, 2.75) is 25.8 Å². The fourth-order valence-corrected chi connectivity index (χ4v) is 1.95. The second-order valence-corrected chi connectivity index (χ2v) is 4.79. The largest absolute Gasteiger partial charge is 0.394 e. The van der Waals surface area contributed by atoms with E-state index < -0.39 is 0 Å². The van der Waals surface area contributed by atoms with Gasteiger partial charge in [-0.3, -0.25) is 4.79 Å². The Balaban J connectivity index is 2.55. The van der Waals surface area contributed by atoms with Gasteiger partial charge in [-0.05, 0) is 40.6 Å². The molecule has 1 rings (SSSR count). The average Bonchev–Trinajstić information content (AvgIpc) is 2.29. The minimum Gasteiger partial charge on any atom is -0.394 e. The van der Waals surface area contributed by atoms with Gasteiger partial charge in [0.1, 0.15) is 0 Å². The van der Waals surface area contributed by atoms with Gasteiger partial charge >= 0.3 is 0 Å². The summed E-state index contributed by atoms with van der Waals surface area (Å²) in [5.41, 5.74) is 1.02. The number of nitrogens with one attached hydrogen (secondary N) is 1. The Morgan fingerprint density at radius 2 is 2.19 bits per heavy atom. The highest BCUT2D eigenvalue weighted by Gasteiger charge is 2.10. The minimum atomic E-state index is -0.131. The summed E-state index contributed by atoms with van der Waals surface area (Å²) in [7, 11) is 0. The molecule has 0 aliphatic carbocycles. The maximum Gasteiger partial charge on any atom is 0.224 e. The van der Waals surface area contributed by atoms with Crippen molar-refractivity contribution < 1.29 is 9.90 Å². The maximum atomic E-state index is 11.7. The molecule has 1 aromatic carbocycles. The van der Waals surface area contributed by atoms with Gasteiger partial charge in [-0.25, -0.2) is 0 Å². The van der Waals surface area contributed by atoms with E-state index in [0.717, 1.165) is 15.6 Å². The van der Waals surface area contributed by atoms with Gasteiger partial charge in [-0.1, -0.05) is 25.1 Å². The summed E-state index contributed by atoms with van der Waals surface area (Å²) in [6, 6.07) is 7.67. The van der Waals surface area contributed by atoms with Gasteiger partial charge in [0.15, 0.2) is 0 Å². The molecule has 16 heavy (non-hydrogen) atoms. The second kappa shape index (κ2) is 6.85. The number of amides is 1. The number of hydrogen-bond acceptors (Lipinski definition) is 2. The predicted molar refractivity (Wildman–Crippen MR) is 72.2 cm³/mol. The van der Waals surface area contributed by atoms with Crippen LogP contribution in [0.2, 0.25) is 0 Å². The fourth-order valence-electron chi connectivity index (χ4n) is 1.37. The first-order chi connectivity index (χ1) is 7.67. The van der Waals surface area contributed by atoms with Gasteiger partial charge in [-0.15, -0.1) is 0 Å². The van der Waals surface area contributed by atoms with Crippen LogP contribution in [0.25, 0.3) is 0 Å². The molecule has 1 aromatic rings. The number of carbonyl (C=O) groups is 1. The van der Waals surface area contributed by atoms with Gasteiger partial charge < -0.3 is 10.4 Å². The first-order valence-corrected chi connectivity index (χ1v) is 6.38. The van der Waals surface area contributed by atoms with Crippen LogP contribution in [0, 0.1) is 3.57 Å². The van der Waals surface area contributed by atoms with Crippen LogP contribution in [-0.4, -0.2) is 23.7 Å². The number of carbonyl (C=O) groups excluding carboxylic acids is 1. The molecule has 0 saturated carbocycles. The third kappa shape index (κ3) is 4.09. The Hall–Kier alpha value is -0.620. The van der Waals surface area contributed by atoms with Crippen LogP contribution in [-0.2, 0) is 11.2 Å². The molecule has 0 aliphatic rings. The van der Waals surface area contributed by atoms with E-state index in [9.17, 15) is 4.79 Å². The molecule has 0 saturated heterocycles. The molecule has 0 radical (unpaired) electrons.